The number of hydrogen-bond acceptors (Lipinski definition) is 26. The molecular formula is C50H81N6O24P. The molecule has 1 unspecified atom stereocenters. The van der Waals surface area contributed by atoms with Crippen LogP contribution in [0, 0.1) is 11.3 Å². The summed E-state index contributed by atoms with van der Waals surface area (Å²) >= 11 is 0. The van der Waals surface area contributed by atoms with Crippen molar-refractivity contribution in [2.24, 2.45) is 0 Å². The Balaban J connectivity index is 1.88. The molecule has 30 nitrogen and oxygen atoms in total. The van der Waals surface area contributed by atoms with E-state index in [0.29, 0.717) is 12.8 Å². The van der Waals surface area contributed by atoms with Crippen LogP contribution < -0.4 is 21.3 Å². The number of amides is 4. The lowest BCUT2D eigenvalue weighted by Crippen LogP contribution is -2.54. The van der Waals surface area contributed by atoms with Crippen LogP contribution in [0.2, 0.25) is 0 Å². The minimum atomic E-state index is -1.89. The first-order valence-corrected chi connectivity index (χ1v) is 27.6. The van der Waals surface area contributed by atoms with Gasteiger partial charge in [-0.3, -0.25) is 38.4 Å². The Morgan fingerprint density at radius 1 is 0.556 bits per heavy atom. The first-order valence-electron chi connectivity index (χ1n) is 26.5. The molecule has 2 aliphatic heterocycles. The van der Waals surface area contributed by atoms with Crippen molar-refractivity contribution in [3.8, 4) is 6.07 Å². The maximum Gasteiger partial charge on any atom is 0.407 e. The highest BCUT2D eigenvalue weighted by Crippen LogP contribution is 2.47. The van der Waals surface area contributed by atoms with Crippen LogP contribution in [0.25, 0.3) is 0 Å². The fourth-order valence-electron chi connectivity index (χ4n) is 7.74. The standard InChI is InChI=1S/C50H81N6O24P/c1-30(2)56(31(3)4)81(73-23-11-16-51)80-38(26-71-49(65)54-19-14-43(63)52-17-12-21-67-45-24-39(74-34(7)59)47(76-36(9)61)41(78-45)28-69-32(5)57)27-72-50(66)55-20-15-44(64)53-18-13-22-68-46-25-40(75-35(8)60)48(77-37(10)62)42(79-46)29-70-33(6)58/h30-31,38-42,45-48H,11-15,17-29H2,1-10H3,(H,52,63)(H,53,64)(H,54,65)(H,55,66)/t39-,40-,41-,42-,45-,46-,47-,48-,81?/m1/s1. The van der Waals surface area contributed by atoms with E-state index in [4.69, 9.17) is 71.2 Å². The van der Waals surface area contributed by atoms with Gasteiger partial charge >= 0.3 is 48.0 Å². The van der Waals surface area contributed by atoms with Crippen molar-refractivity contribution < 1.29 is 114 Å². The number of rotatable bonds is 36. The fraction of sp³-hybridized carbons (Fsp3) is 0.780. The summed E-state index contributed by atoms with van der Waals surface area (Å²) < 4.78 is 79.8. The summed E-state index contributed by atoms with van der Waals surface area (Å²) in [5, 5.41) is 19.5. The number of nitrogens with zero attached hydrogens (tertiary/aromatic N) is 2. The Morgan fingerprint density at radius 2 is 0.963 bits per heavy atom. The third kappa shape index (κ3) is 31.1. The van der Waals surface area contributed by atoms with Gasteiger partial charge in [0.25, 0.3) is 8.53 Å². The molecule has 9 atom stereocenters. The van der Waals surface area contributed by atoms with E-state index in [1.165, 1.54) is 41.5 Å². The second kappa shape index (κ2) is 39.4. The Hall–Kier alpha value is -6.06. The van der Waals surface area contributed by atoms with Crippen LogP contribution in [0.3, 0.4) is 0 Å². The molecule has 31 heteroatoms. The van der Waals surface area contributed by atoms with E-state index in [0.717, 1.165) is 0 Å². The summed E-state index contributed by atoms with van der Waals surface area (Å²) in [5.41, 5.74) is 0. The average molecular weight is 1180 g/mol. The smallest absolute Gasteiger partial charge is 0.407 e. The van der Waals surface area contributed by atoms with Crippen LogP contribution in [0.5, 0.6) is 0 Å². The zero-order chi connectivity index (χ0) is 60.4. The highest BCUT2D eigenvalue weighted by molar-refractivity contribution is 7.44. The van der Waals surface area contributed by atoms with Crippen LogP contribution in [0.1, 0.15) is 114 Å². The Kier molecular flexibility index (Phi) is 34.5. The number of hydrogen-bond donors (Lipinski definition) is 4. The van der Waals surface area contributed by atoms with E-state index in [-0.39, 0.29) is 103 Å². The van der Waals surface area contributed by atoms with Crippen molar-refractivity contribution in [2.45, 2.75) is 182 Å². The van der Waals surface area contributed by atoms with Gasteiger partial charge in [0.1, 0.15) is 56.9 Å². The molecule has 81 heavy (non-hydrogen) atoms. The van der Waals surface area contributed by atoms with Gasteiger partial charge in [0, 0.05) is 105 Å². The van der Waals surface area contributed by atoms with E-state index in [1.54, 1.807) is 0 Å². The summed E-state index contributed by atoms with van der Waals surface area (Å²) in [6.07, 6.45) is -10.4. The van der Waals surface area contributed by atoms with Crippen molar-refractivity contribution in [1.29, 1.82) is 5.26 Å². The third-order valence-electron chi connectivity index (χ3n) is 10.9. The van der Waals surface area contributed by atoms with Crippen LogP contribution >= 0.6 is 8.53 Å². The molecule has 0 spiro atoms. The average Bonchev–Trinajstić information content (AvgIpc) is 3.36. The minimum Gasteiger partial charge on any atom is -0.463 e. The zero-order valence-corrected chi connectivity index (χ0v) is 48.6. The Morgan fingerprint density at radius 3 is 1.32 bits per heavy atom. The van der Waals surface area contributed by atoms with Gasteiger partial charge in [0.15, 0.2) is 24.8 Å². The largest absolute Gasteiger partial charge is 0.463 e. The molecule has 0 radical (unpaired) electrons. The number of nitrogens with one attached hydrogen (secondary N) is 4. The van der Waals surface area contributed by atoms with Crippen molar-refractivity contribution in [3.63, 3.8) is 0 Å². The summed E-state index contributed by atoms with van der Waals surface area (Å²) in [6, 6.07) is 1.81. The number of alkyl carbamates (subject to hydrolysis) is 2. The molecule has 2 heterocycles. The first kappa shape index (κ1) is 71.0. The van der Waals surface area contributed by atoms with Gasteiger partial charge in [-0.1, -0.05) is 0 Å². The maximum absolute atomic E-state index is 12.8. The molecule has 0 aromatic carbocycles. The van der Waals surface area contributed by atoms with Crippen molar-refractivity contribution in [3.05, 3.63) is 0 Å². The summed E-state index contributed by atoms with van der Waals surface area (Å²) in [4.78, 5) is 121. The van der Waals surface area contributed by atoms with Crippen LogP contribution in [-0.4, -0.2) is 204 Å². The molecule has 2 aliphatic rings. The van der Waals surface area contributed by atoms with Gasteiger partial charge in [-0.15, -0.1) is 0 Å². The summed E-state index contributed by atoms with van der Waals surface area (Å²) in [5.74, 6) is -4.62. The Bertz CT molecular complexity index is 1940. The number of esters is 6. The summed E-state index contributed by atoms with van der Waals surface area (Å²) in [6.45, 7) is 13.6. The molecule has 2 fully saturated rings. The first-order chi connectivity index (χ1) is 38.4. The van der Waals surface area contributed by atoms with E-state index < -0.39 is 137 Å². The molecule has 0 aromatic heterocycles. The highest BCUT2D eigenvalue weighted by atomic mass is 31.2. The summed E-state index contributed by atoms with van der Waals surface area (Å²) in [7, 11) is -1.89. The predicted octanol–water partition coefficient (Wildman–Crippen LogP) is 2.01. The second-order valence-corrected chi connectivity index (χ2v) is 20.1. The van der Waals surface area contributed by atoms with Gasteiger partial charge < -0.3 is 87.2 Å². The minimum absolute atomic E-state index is 0.00569. The van der Waals surface area contributed by atoms with Crippen LogP contribution in [0.15, 0.2) is 0 Å². The monoisotopic (exact) mass is 1180 g/mol. The lowest BCUT2D eigenvalue weighted by Gasteiger charge is -2.39. The number of carbonyl (C=O) groups is 10. The van der Waals surface area contributed by atoms with Gasteiger partial charge in [-0.2, -0.15) is 5.26 Å². The van der Waals surface area contributed by atoms with Crippen molar-refractivity contribution in [1.82, 2.24) is 25.9 Å². The molecule has 0 aliphatic carbocycles. The number of nitriles is 1. The predicted molar refractivity (Wildman–Crippen MR) is 277 cm³/mol. The molecule has 4 amide bonds. The van der Waals surface area contributed by atoms with E-state index in [9.17, 15) is 47.9 Å². The highest BCUT2D eigenvalue weighted by Gasteiger charge is 2.45. The molecule has 0 saturated carbocycles. The normalized spacial score (nSPS) is 20.9. The second-order valence-electron chi connectivity index (χ2n) is 18.7. The lowest BCUT2D eigenvalue weighted by molar-refractivity contribution is -0.266. The Labute approximate surface area is 472 Å². The maximum atomic E-state index is 12.8. The quantitative estimate of drug-likeness (QED) is 0.0302. The van der Waals surface area contributed by atoms with Gasteiger partial charge in [0.05, 0.1) is 32.3 Å². The van der Waals surface area contributed by atoms with Gasteiger partial charge in [-0.25, -0.2) is 14.3 Å². The SMILES string of the molecule is CC(=O)OC[C@H]1O[C@@H](OCCCNC(=O)CCNC(=O)OCC(COC(=O)NCCC(=O)NCCCO[C@H]2C[C@@H](OC(C)=O)[C@@H](OC(C)=O)[C@@H](COC(C)=O)O2)OP(OCCC#N)N(C(C)C)C(C)C)C[C@@H](OC(C)=O)[C@H]1OC(C)=O. The third-order valence-corrected chi connectivity index (χ3v) is 13.1. The molecule has 0 bridgehead atoms. The molecule has 0 aromatic rings. The van der Waals surface area contributed by atoms with Gasteiger partial charge in [-0.05, 0) is 40.5 Å². The molecule has 460 valence electrons. The fourth-order valence-corrected chi connectivity index (χ4v) is 9.42. The van der Waals surface area contributed by atoms with E-state index in [1.807, 2.05) is 38.4 Å². The molecular weight excluding hydrogens is 1100 g/mol. The molecule has 2 saturated heterocycles. The van der Waals surface area contributed by atoms with Crippen LogP contribution in [-0.2, 0) is 104 Å². The molecule has 4 N–H and O–H groups in total. The number of ether oxygens (including phenoxy) is 12. The van der Waals surface area contributed by atoms with Gasteiger partial charge in [0.2, 0.25) is 11.8 Å². The van der Waals surface area contributed by atoms with E-state index >= 15 is 0 Å². The van der Waals surface area contributed by atoms with Crippen LogP contribution in [0.4, 0.5) is 9.59 Å². The topological polar surface area (TPSA) is 375 Å². The van der Waals surface area contributed by atoms with E-state index in [2.05, 4.69) is 21.3 Å². The number of carbonyl (C=O) groups excluding carboxylic acids is 10. The van der Waals surface area contributed by atoms with Crippen molar-refractivity contribution in [2.75, 3.05) is 72.4 Å². The zero-order valence-electron chi connectivity index (χ0n) is 47.7. The lowest BCUT2D eigenvalue weighted by atomic mass is 10.0. The molecule has 2 rings (SSSR count). The van der Waals surface area contributed by atoms with Crippen molar-refractivity contribution >= 4 is 68.3 Å².